The summed E-state index contributed by atoms with van der Waals surface area (Å²) < 4.78 is 38.0. The van der Waals surface area contributed by atoms with Crippen LogP contribution in [0, 0.1) is 13.8 Å². The third kappa shape index (κ3) is 5.16. The van der Waals surface area contributed by atoms with Crippen LogP contribution in [0.25, 0.3) is 0 Å². The number of carbonyl (C=O) groups is 1. The van der Waals surface area contributed by atoms with Gasteiger partial charge in [-0.1, -0.05) is 30.3 Å². The van der Waals surface area contributed by atoms with Crippen LogP contribution in [0.5, 0.6) is 0 Å². The van der Waals surface area contributed by atoms with Gasteiger partial charge in [0, 0.05) is 23.5 Å². The summed E-state index contributed by atoms with van der Waals surface area (Å²) in [5.41, 5.74) is 4.03. The van der Waals surface area contributed by atoms with E-state index in [2.05, 4.69) is 10.6 Å². The Bertz CT molecular complexity index is 974. The highest BCUT2D eigenvalue weighted by Gasteiger charge is 2.29. The Kier molecular flexibility index (Phi) is 5.92. The van der Waals surface area contributed by atoms with Gasteiger partial charge >= 0.3 is 6.18 Å². The number of alkyl halides is 3. The van der Waals surface area contributed by atoms with Crippen molar-refractivity contribution in [2.24, 2.45) is 0 Å². The Balaban J connectivity index is 1.68. The standard InChI is InChI=1S/C23H21F3N2O/c1-15-12-20(27-14-17-8-10-19(11-9-17)23(24,25)26)13-16(2)21(15)28-22(29)18-6-4-3-5-7-18/h3-13,27H,14H2,1-2H3,(H,28,29). The number of carbonyl (C=O) groups excluding carboxylic acids is 1. The minimum Gasteiger partial charge on any atom is -0.381 e. The summed E-state index contributed by atoms with van der Waals surface area (Å²) in [5.74, 6) is -0.178. The first-order valence-electron chi connectivity index (χ1n) is 9.11. The number of rotatable bonds is 5. The minimum atomic E-state index is -4.33. The van der Waals surface area contributed by atoms with Crippen molar-refractivity contribution in [3.63, 3.8) is 0 Å². The number of hydrogen-bond acceptors (Lipinski definition) is 2. The Morgan fingerprint density at radius 3 is 2.03 bits per heavy atom. The van der Waals surface area contributed by atoms with Gasteiger partial charge in [0.25, 0.3) is 5.91 Å². The summed E-state index contributed by atoms with van der Waals surface area (Å²) in [7, 11) is 0. The lowest BCUT2D eigenvalue weighted by Crippen LogP contribution is -2.14. The van der Waals surface area contributed by atoms with Gasteiger partial charge in [0.15, 0.2) is 0 Å². The highest BCUT2D eigenvalue weighted by atomic mass is 19.4. The van der Waals surface area contributed by atoms with Crippen LogP contribution in [-0.4, -0.2) is 5.91 Å². The fourth-order valence-electron chi connectivity index (χ4n) is 3.05. The lowest BCUT2D eigenvalue weighted by molar-refractivity contribution is -0.137. The molecule has 150 valence electrons. The van der Waals surface area contributed by atoms with Gasteiger partial charge in [-0.2, -0.15) is 13.2 Å². The van der Waals surface area contributed by atoms with Crippen LogP contribution < -0.4 is 10.6 Å². The maximum Gasteiger partial charge on any atom is 0.416 e. The van der Waals surface area contributed by atoms with Crippen molar-refractivity contribution in [2.75, 3.05) is 10.6 Å². The molecule has 0 aliphatic carbocycles. The van der Waals surface area contributed by atoms with Crippen LogP contribution in [0.1, 0.15) is 32.6 Å². The van der Waals surface area contributed by atoms with Gasteiger partial charge in [-0.15, -0.1) is 0 Å². The van der Waals surface area contributed by atoms with Crippen molar-refractivity contribution in [3.8, 4) is 0 Å². The second kappa shape index (κ2) is 8.39. The molecule has 3 aromatic rings. The predicted molar refractivity (Wildman–Crippen MR) is 109 cm³/mol. The Morgan fingerprint density at radius 2 is 1.48 bits per heavy atom. The third-order valence-electron chi connectivity index (χ3n) is 4.59. The van der Waals surface area contributed by atoms with E-state index in [1.54, 1.807) is 12.1 Å². The van der Waals surface area contributed by atoms with Crippen LogP contribution in [0.3, 0.4) is 0 Å². The number of aryl methyl sites for hydroxylation is 2. The molecule has 0 fully saturated rings. The average Bonchev–Trinajstić information content (AvgIpc) is 2.69. The molecule has 0 aromatic heterocycles. The molecule has 29 heavy (non-hydrogen) atoms. The van der Waals surface area contributed by atoms with Crippen molar-refractivity contribution in [1.82, 2.24) is 0 Å². The monoisotopic (exact) mass is 398 g/mol. The van der Waals surface area contributed by atoms with Crippen molar-refractivity contribution >= 4 is 17.3 Å². The Morgan fingerprint density at radius 1 is 0.897 bits per heavy atom. The minimum absolute atomic E-state index is 0.178. The molecule has 6 heteroatoms. The lowest BCUT2D eigenvalue weighted by atomic mass is 10.1. The average molecular weight is 398 g/mol. The van der Waals surface area contributed by atoms with Crippen molar-refractivity contribution in [2.45, 2.75) is 26.6 Å². The molecule has 2 N–H and O–H groups in total. The molecule has 0 saturated heterocycles. The first-order chi connectivity index (χ1) is 13.7. The summed E-state index contributed by atoms with van der Waals surface area (Å²) in [5, 5.41) is 6.16. The lowest BCUT2D eigenvalue weighted by Gasteiger charge is -2.15. The zero-order valence-electron chi connectivity index (χ0n) is 16.1. The summed E-state index contributed by atoms with van der Waals surface area (Å²) in [4.78, 5) is 12.4. The van der Waals surface area contributed by atoms with E-state index < -0.39 is 11.7 Å². The molecule has 0 aliphatic heterocycles. The van der Waals surface area contributed by atoms with E-state index in [1.165, 1.54) is 12.1 Å². The molecule has 3 aromatic carbocycles. The smallest absolute Gasteiger partial charge is 0.381 e. The van der Waals surface area contributed by atoms with E-state index >= 15 is 0 Å². The molecule has 0 unspecified atom stereocenters. The summed E-state index contributed by atoms with van der Waals surface area (Å²) >= 11 is 0. The first-order valence-corrected chi connectivity index (χ1v) is 9.11. The van der Waals surface area contributed by atoms with Crippen LogP contribution in [0.15, 0.2) is 66.7 Å². The number of halogens is 3. The van der Waals surface area contributed by atoms with Crippen molar-refractivity contribution in [3.05, 3.63) is 94.5 Å². The SMILES string of the molecule is Cc1cc(NCc2ccc(C(F)(F)F)cc2)cc(C)c1NC(=O)c1ccccc1. The van der Waals surface area contributed by atoms with E-state index in [9.17, 15) is 18.0 Å². The fourth-order valence-corrected chi connectivity index (χ4v) is 3.05. The van der Waals surface area contributed by atoms with Gasteiger partial charge < -0.3 is 10.6 Å². The topological polar surface area (TPSA) is 41.1 Å². The van der Waals surface area contributed by atoms with Gasteiger partial charge in [0.05, 0.1) is 5.56 Å². The molecule has 0 spiro atoms. The molecule has 1 amide bonds. The second-order valence-electron chi connectivity index (χ2n) is 6.85. The van der Waals surface area contributed by atoms with E-state index in [1.807, 2.05) is 44.2 Å². The highest BCUT2D eigenvalue weighted by molar-refractivity contribution is 6.05. The number of anilines is 2. The summed E-state index contributed by atoms with van der Waals surface area (Å²) in [6.07, 6.45) is -4.33. The number of hydrogen-bond donors (Lipinski definition) is 2. The summed E-state index contributed by atoms with van der Waals surface area (Å²) in [6.45, 7) is 4.20. The maximum absolute atomic E-state index is 12.7. The highest BCUT2D eigenvalue weighted by Crippen LogP contribution is 2.29. The van der Waals surface area contributed by atoms with Crippen molar-refractivity contribution in [1.29, 1.82) is 0 Å². The number of amides is 1. The van der Waals surface area contributed by atoms with Crippen molar-refractivity contribution < 1.29 is 18.0 Å². The van der Waals surface area contributed by atoms with Gasteiger partial charge in [-0.25, -0.2) is 0 Å². The van der Waals surface area contributed by atoms with Gasteiger partial charge in [-0.3, -0.25) is 4.79 Å². The normalized spacial score (nSPS) is 11.2. The molecule has 0 radical (unpaired) electrons. The first kappa shape index (κ1) is 20.5. The molecule has 0 aliphatic rings. The van der Waals surface area contributed by atoms with Crippen LogP contribution in [0.2, 0.25) is 0 Å². The van der Waals surface area contributed by atoms with E-state index in [4.69, 9.17) is 0 Å². The van der Waals surface area contributed by atoms with Gasteiger partial charge in [0.1, 0.15) is 0 Å². The third-order valence-corrected chi connectivity index (χ3v) is 4.59. The van der Waals surface area contributed by atoms with Crippen LogP contribution in [0.4, 0.5) is 24.5 Å². The molecule has 0 atom stereocenters. The van der Waals surface area contributed by atoms with Gasteiger partial charge in [-0.05, 0) is 66.9 Å². The molecule has 0 heterocycles. The number of benzene rings is 3. The molecular formula is C23H21F3N2O. The quantitative estimate of drug-likeness (QED) is 0.538. The van der Waals surface area contributed by atoms with Crippen LogP contribution in [-0.2, 0) is 12.7 Å². The second-order valence-corrected chi connectivity index (χ2v) is 6.85. The zero-order valence-corrected chi connectivity index (χ0v) is 16.1. The van der Waals surface area contributed by atoms with E-state index in [0.29, 0.717) is 12.1 Å². The molecule has 3 rings (SSSR count). The largest absolute Gasteiger partial charge is 0.416 e. The predicted octanol–water partition coefficient (Wildman–Crippen LogP) is 6.19. The summed E-state index contributed by atoms with van der Waals surface area (Å²) in [6, 6.07) is 17.9. The zero-order chi connectivity index (χ0) is 21.0. The van der Waals surface area contributed by atoms with Crippen LogP contribution >= 0.6 is 0 Å². The fraction of sp³-hybridized carbons (Fsp3) is 0.174. The maximum atomic E-state index is 12.7. The Hall–Kier alpha value is -3.28. The molecule has 0 saturated carbocycles. The van der Waals surface area contributed by atoms with E-state index in [-0.39, 0.29) is 5.91 Å². The molecule has 3 nitrogen and oxygen atoms in total. The Labute approximate surface area is 167 Å². The van der Waals surface area contributed by atoms with Gasteiger partial charge in [0.2, 0.25) is 0 Å². The van der Waals surface area contributed by atoms with E-state index in [0.717, 1.165) is 40.2 Å². The number of nitrogens with one attached hydrogen (secondary N) is 2. The molecular weight excluding hydrogens is 377 g/mol. The molecule has 0 bridgehead atoms.